The number of benzene rings is 3. The van der Waals surface area contributed by atoms with Crippen molar-refractivity contribution < 1.29 is 27.6 Å². The van der Waals surface area contributed by atoms with Crippen molar-refractivity contribution in [1.29, 1.82) is 0 Å². The number of hydrogen-bond donors (Lipinski definition) is 1. The summed E-state index contributed by atoms with van der Waals surface area (Å²) in [6.45, 7) is 0. The maximum absolute atomic E-state index is 13.8. The van der Waals surface area contributed by atoms with E-state index in [9.17, 15) is 27.6 Å². The summed E-state index contributed by atoms with van der Waals surface area (Å²) in [6.07, 6.45) is -1.09. The highest BCUT2D eigenvalue weighted by Gasteiger charge is 2.64. The van der Waals surface area contributed by atoms with Crippen molar-refractivity contribution in [3.8, 4) is 0 Å². The molecule has 3 aromatic rings. The second-order valence-electron chi connectivity index (χ2n) is 9.39. The lowest BCUT2D eigenvalue weighted by Crippen LogP contribution is -2.46. The molecule has 10 heteroatoms. The average Bonchev–Trinajstić information content (AvgIpc) is 3.36. The van der Waals surface area contributed by atoms with Crippen LogP contribution >= 0.6 is 15.9 Å². The minimum Gasteiger partial charge on any atom is -0.357 e. The lowest BCUT2D eigenvalue weighted by Gasteiger charge is -2.35. The summed E-state index contributed by atoms with van der Waals surface area (Å²) >= 11 is 3.37. The molecule has 2 saturated heterocycles. The second kappa shape index (κ2) is 8.83. The summed E-state index contributed by atoms with van der Waals surface area (Å²) in [7, 11) is 0. The third-order valence-electron chi connectivity index (χ3n) is 7.25. The molecular weight excluding hydrogens is 563 g/mol. The van der Waals surface area contributed by atoms with Gasteiger partial charge in [-0.1, -0.05) is 52.3 Å². The normalized spacial score (nSPS) is 23.8. The highest BCUT2D eigenvalue weighted by Crippen LogP contribution is 2.53. The number of imide groups is 1. The molecule has 3 aliphatic heterocycles. The highest BCUT2D eigenvalue weighted by molar-refractivity contribution is 9.10. The zero-order valence-corrected chi connectivity index (χ0v) is 21.1. The number of anilines is 2. The van der Waals surface area contributed by atoms with Crippen LogP contribution in [0.5, 0.6) is 0 Å². The van der Waals surface area contributed by atoms with Crippen LogP contribution in [0.3, 0.4) is 0 Å². The Hall–Kier alpha value is -3.92. The first-order valence-electron chi connectivity index (χ1n) is 11.8. The van der Waals surface area contributed by atoms with Crippen LogP contribution in [0, 0.1) is 11.8 Å². The molecule has 6 rings (SSSR count). The molecule has 38 heavy (non-hydrogen) atoms. The summed E-state index contributed by atoms with van der Waals surface area (Å²) in [4.78, 5) is 44.1. The molecule has 0 saturated carbocycles. The van der Waals surface area contributed by atoms with Gasteiger partial charge in [-0.3, -0.25) is 14.4 Å². The number of halogens is 4. The molecule has 4 atom stereocenters. The number of alkyl halides is 3. The summed E-state index contributed by atoms with van der Waals surface area (Å²) < 4.78 is 40.4. The molecule has 2 fully saturated rings. The maximum atomic E-state index is 13.8. The fraction of sp³-hybridized carbons (Fsp3) is 0.179. The van der Waals surface area contributed by atoms with Gasteiger partial charge in [0.1, 0.15) is 6.04 Å². The highest BCUT2D eigenvalue weighted by atomic mass is 79.9. The summed E-state index contributed by atoms with van der Waals surface area (Å²) in [6, 6.07) is 16.8. The Labute approximate surface area is 223 Å². The summed E-state index contributed by atoms with van der Waals surface area (Å²) in [5.41, 5.74) is 1.10. The van der Waals surface area contributed by atoms with Crippen LogP contribution in [-0.4, -0.2) is 28.7 Å². The molecule has 0 unspecified atom stereocenters. The van der Waals surface area contributed by atoms with Crippen LogP contribution in [0.4, 0.5) is 24.5 Å². The van der Waals surface area contributed by atoms with E-state index in [4.69, 9.17) is 0 Å². The first kappa shape index (κ1) is 24.4. The molecule has 0 radical (unpaired) electrons. The van der Waals surface area contributed by atoms with Crippen LogP contribution in [0.25, 0.3) is 6.08 Å². The van der Waals surface area contributed by atoms with Crippen molar-refractivity contribution in [2.24, 2.45) is 11.8 Å². The molecule has 3 aromatic carbocycles. The fourth-order valence-corrected chi connectivity index (χ4v) is 6.10. The monoisotopic (exact) mass is 581 g/mol. The molecule has 0 bridgehead atoms. The van der Waals surface area contributed by atoms with Gasteiger partial charge in [0.15, 0.2) is 0 Å². The van der Waals surface area contributed by atoms with Crippen molar-refractivity contribution >= 4 is 51.1 Å². The summed E-state index contributed by atoms with van der Waals surface area (Å²) in [5.74, 6) is -3.50. The lowest BCUT2D eigenvalue weighted by atomic mass is 9.84. The smallest absolute Gasteiger partial charge is 0.357 e. The molecule has 0 aromatic heterocycles. The van der Waals surface area contributed by atoms with Crippen molar-refractivity contribution in [2.45, 2.75) is 18.3 Å². The van der Waals surface area contributed by atoms with E-state index in [0.29, 0.717) is 10.2 Å². The fourth-order valence-electron chi connectivity index (χ4n) is 5.72. The number of nitrogens with one attached hydrogen (secondary N) is 1. The topological polar surface area (TPSA) is 69.7 Å². The largest absolute Gasteiger partial charge is 0.416 e. The van der Waals surface area contributed by atoms with Gasteiger partial charge in [0.05, 0.1) is 29.1 Å². The maximum Gasteiger partial charge on any atom is 0.416 e. The number of amides is 3. The minimum absolute atomic E-state index is 0.0492. The van der Waals surface area contributed by atoms with E-state index in [0.717, 1.165) is 28.2 Å². The van der Waals surface area contributed by atoms with Crippen molar-refractivity contribution in [3.63, 3.8) is 0 Å². The van der Waals surface area contributed by atoms with E-state index in [1.807, 2.05) is 24.3 Å². The Bertz CT molecular complexity index is 1520. The van der Waals surface area contributed by atoms with Crippen LogP contribution < -0.4 is 10.2 Å². The molecule has 6 nitrogen and oxygen atoms in total. The zero-order valence-electron chi connectivity index (χ0n) is 19.5. The second-order valence-corrected chi connectivity index (χ2v) is 10.3. The summed E-state index contributed by atoms with van der Waals surface area (Å²) in [5, 5.41) is 2.56. The first-order chi connectivity index (χ1) is 18.1. The van der Waals surface area contributed by atoms with Gasteiger partial charge < -0.3 is 10.2 Å². The van der Waals surface area contributed by atoms with E-state index < -0.39 is 53.4 Å². The Morgan fingerprint density at radius 3 is 2.39 bits per heavy atom. The van der Waals surface area contributed by atoms with Crippen LogP contribution in [0.15, 0.2) is 83.5 Å². The van der Waals surface area contributed by atoms with E-state index >= 15 is 0 Å². The van der Waals surface area contributed by atoms with Gasteiger partial charge in [0.25, 0.3) is 0 Å². The molecule has 192 valence electrons. The van der Waals surface area contributed by atoms with E-state index in [1.165, 1.54) is 12.1 Å². The third-order valence-corrected chi connectivity index (χ3v) is 7.75. The van der Waals surface area contributed by atoms with Gasteiger partial charge in [-0.05, 0) is 53.6 Å². The molecule has 3 aliphatic rings. The number of carbonyl (C=O) groups excluding carboxylic acids is 3. The molecular formula is C28H19BrF3N3O3. The van der Waals surface area contributed by atoms with Gasteiger partial charge in [0.2, 0.25) is 17.7 Å². The molecule has 3 amide bonds. The first-order valence-corrected chi connectivity index (χ1v) is 12.6. The van der Waals surface area contributed by atoms with Crippen LogP contribution in [-0.2, 0) is 20.6 Å². The van der Waals surface area contributed by atoms with E-state index in [1.54, 1.807) is 41.4 Å². The molecule has 0 aliphatic carbocycles. The van der Waals surface area contributed by atoms with Gasteiger partial charge in [0, 0.05) is 16.4 Å². The zero-order chi connectivity index (χ0) is 26.8. The molecule has 0 spiro atoms. The van der Waals surface area contributed by atoms with E-state index in [-0.39, 0.29) is 5.69 Å². The number of nitrogens with zero attached hydrogens (tertiary/aromatic N) is 2. The van der Waals surface area contributed by atoms with Gasteiger partial charge >= 0.3 is 6.18 Å². The minimum atomic E-state index is -4.58. The molecule has 1 N–H and O–H groups in total. The Balaban J connectivity index is 1.42. The Morgan fingerprint density at radius 2 is 1.63 bits per heavy atom. The average molecular weight is 582 g/mol. The Morgan fingerprint density at radius 1 is 0.895 bits per heavy atom. The van der Waals surface area contributed by atoms with Gasteiger partial charge in [-0.25, -0.2) is 4.90 Å². The van der Waals surface area contributed by atoms with Crippen molar-refractivity contribution in [1.82, 2.24) is 4.90 Å². The Kier molecular flexibility index (Phi) is 5.68. The van der Waals surface area contributed by atoms with Crippen LogP contribution in [0.2, 0.25) is 0 Å². The standard InChI is InChI=1S/C28H19BrF3N3O3/c29-17-7-4-9-19(14-17)35-26(37)21-22(27(35)38)24(34-12-11-15-5-1-2-10-20(15)23(21)34)25(36)33-18-8-3-6-16(13-18)28(30,31)32/h1-14,21-24H,(H,33,36)/t21-,22-,23-,24+/m0/s1. The third kappa shape index (κ3) is 3.82. The van der Waals surface area contributed by atoms with Gasteiger partial charge in [-0.2, -0.15) is 13.2 Å². The SMILES string of the molecule is O=C(Nc1cccc(C(F)(F)F)c1)[C@H]1[C@H]2C(=O)N(c3cccc(Br)c3)C(=O)[C@@H]2[C@@H]2c3ccccc3C=CN12. The van der Waals surface area contributed by atoms with Crippen molar-refractivity contribution in [2.75, 3.05) is 10.2 Å². The number of carbonyl (C=O) groups is 3. The number of hydrogen-bond acceptors (Lipinski definition) is 4. The van der Waals surface area contributed by atoms with Crippen molar-refractivity contribution in [3.05, 3.63) is 100 Å². The predicted molar refractivity (Wildman–Crippen MR) is 138 cm³/mol. The molecule has 3 heterocycles. The number of rotatable bonds is 3. The quantitative estimate of drug-likeness (QED) is 0.407. The number of fused-ring (bicyclic) bond motifs is 5. The predicted octanol–water partition coefficient (Wildman–Crippen LogP) is 5.62. The lowest BCUT2D eigenvalue weighted by molar-refractivity contribution is -0.137. The van der Waals surface area contributed by atoms with Crippen LogP contribution in [0.1, 0.15) is 22.7 Å². The van der Waals surface area contributed by atoms with Gasteiger partial charge in [-0.15, -0.1) is 0 Å². The van der Waals surface area contributed by atoms with E-state index in [2.05, 4.69) is 21.2 Å².